The Morgan fingerprint density at radius 2 is 2.18 bits per heavy atom. The summed E-state index contributed by atoms with van der Waals surface area (Å²) in [6.45, 7) is -0.652. The third-order valence-electron chi connectivity index (χ3n) is 2.60. The minimum Gasteiger partial charge on any atom is -0.346 e. The maximum absolute atomic E-state index is 12.5. The molecule has 0 bridgehead atoms. The average molecular weight is 278 g/mol. The highest BCUT2D eigenvalue weighted by atomic mass is 35.7. The lowest BCUT2D eigenvalue weighted by Crippen LogP contribution is -2.42. The van der Waals surface area contributed by atoms with Gasteiger partial charge < -0.3 is 5.32 Å². The number of nitrogens with one attached hydrogen (secondary N) is 1. The van der Waals surface area contributed by atoms with E-state index in [1.165, 1.54) is 18.2 Å². The first-order valence-electron chi connectivity index (χ1n) is 4.86. The van der Waals surface area contributed by atoms with Crippen molar-refractivity contribution in [3.8, 4) is 0 Å². The number of alkyl halides is 1. The highest BCUT2D eigenvalue weighted by molar-refractivity contribution is 8.13. The van der Waals surface area contributed by atoms with Gasteiger partial charge in [0.15, 0.2) is 0 Å². The highest BCUT2D eigenvalue weighted by Gasteiger charge is 2.25. The molecule has 4 nitrogen and oxygen atoms in total. The summed E-state index contributed by atoms with van der Waals surface area (Å²) in [7, 11) is 1.32. The van der Waals surface area contributed by atoms with Crippen LogP contribution in [-0.4, -0.2) is 27.0 Å². The van der Waals surface area contributed by atoms with Crippen LogP contribution in [-0.2, 0) is 15.5 Å². The number of fused-ring (bicyclic) bond motifs is 1. The van der Waals surface area contributed by atoms with E-state index in [1.807, 2.05) is 0 Å². The Balaban J connectivity index is 2.48. The van der Waals surface area contributed by atoms with Gasteiger partial charge in [0, 0.05) is 16.2 Å². The van der Waals surface area contributed by atoms with E-state index in [1.54, 1.807) is 0 Å². The van der Waals surface area contributed by atoms with Crippen LogP contribution in [0, 0.1) is 0 Å². The van der Waals surface area contributed by atoms with Crippen LogP contribution in [0.3, 0.4) is 0 Å². The van der Waals surface area contributed by atoms with Gasteiger partial charge in [-0.2, -0.15) is 0 Å². The Bertz CT molecular complexity index is 573. The molecule has 7 heteroatoms. The molecular formula is C10H9ClFNO3S. The van der Waals surface area contributed by atoms with Crippen LogP contribution in [0.15, 0.2) is 23.1 Å². The second-order valence-corrected chi connectivity index (χ2v) is 6.35. The molecule has 0 aliphatic carbocycles. The zero-order valence-corrected chi connectivity index (χ0v) is 10.2. The molecule has 1 aromatic carbocycles. The molecule has 17 heavy (non-hydrogen) atoms. The number of carbonyl (C=O) groups excluding carboxylic acids is 1. The minimum atomic E-state index is -3.86. The number of rotatable bonds is 2. The zero-order chi connectivity index (χ0) is 12.6. The molecule has 92 valence electrons. The van der Waals surface area contributed by atoms with Gasteiger partial charge in [-0.05, 0) is 24.1 Å². The molecule has 1 heterocycles. The quantitative estimate of drug-likeness (QED) is 0.827. The molecule has 0 spiro atoms. The monoisotopic (exact) mass is 277 g/mol. The molecule has 2 rings (SSSR count). The van der Waals surface area contributed by atoms with Crippen molar-refractivity contribution in [3.05, 3.63) is 29.3 Å². The summed E-state index contributed by atoms with van der Waals surface area (Å²) in [5, 5.41) is 2.45. The van der Waals surface area contributed by atoms with Crippen LogP contribution in [0.1, 0.15) is 15.9 Å². The number of benzene rings is 1. The minimum absolute atomic E-state index is 0.133. The molecule has 0 saturated carbocycles. The summed E-state index contributed by atoms with van der Waals surface area (Å²) in [6.07, 6.45) is 0.347. The predicted molar refractivity (Wildman–Crippen MR) is 60.4 cm³/mol. The fourth-order valence-electron chi connectivity index (χ4n) is 1.77. The molecule has 0 aromatic heterocycles. The van der Waals surface area contributed by atoms with Crippen LogP contribution < -0.4 is 5.32 Å². The first-order chi connectivity index (χ1) is 7.91. The van der Waals surface area contributed by atoms with Crippen molar-refractivity contribution in [2.45, 2.75) is 17.4 Å². The Hall–Kier alpha value is -1.14. The standard InChI is InChI=1S/C10H9ClFNO3S/c11-17(15,16)8-2-1-6-3-7(5-12)13-10(14)9(6)4-8/h1-2,4,7H,3,5H2,(H,13,14)/t7-/m1/s1. The van der Waals surface area contributed by atoms with Gasteiger partial charge in [-0.15, -0.1) is 0 Å². The Labute approximate surface area is 102 Å². The maximum atomic E-state index is 12.5. The number of hydrogen-bond donors (Lipinski definition) is 1. The normalized spacial score (nSPS) is 19.6. The lowest BCUT2D eigenvalue weighted by atomic mass is 9.96. The number of carbonyl (C=O) groups is 1. The summed E-state index contributed by atoms with van der Waals surface area (Å²) in [5.74, 6) is -0.476. The molecule has 0 saturated heterocycles. The van der Waals surface area contributed by atoms with Crippen molar-refractivity contribution in [1.29, 1.82) is 0 Å². The van der Waals surface area contributed by atoms with Gasteiger partial charge in [-0.1, -0.05) is 6.07 Å². The fraction of sp³-hybridized carbons (Fsp3) is 0.300. The molecule has 1 amide bonds. The van der Waals surface area contributed by atoms with Crippen molar-refractivity contribution in [2.75, 3.05) is 6.67 Å². The number of halogens is 2. The lowest BCUT2D eigenvalue weighted by molar-refractivity contribution is 0.0917. The fourth-order valence-corrected chi connectivity index (χ4v) is 2.55. The average Bonchev–Trinajstić information content (AvgIpc) is 2.27. The van der Waals surface area contributed by atoms with E-state index >= 15 is 0 Å². The van der Waals surface area contributed by atoms with Gasteiger partial charge in [0.1, 0.15) is 6.67 Å². The second-order valence-electron chi connectivity index (χ2n) is 3.79. The Morgan fingerprint density at radius 1 is 1.47 bits per heavy atom. The highest BCUT2D eigenvalue weighted by Crippen LogP contribution is 2.23. The van der Waals surface area contributed by atoms with E-state index in [-0.39, 0.29) is 10.5 Å². The van der Waals surface area contributed by atoms with Crippen LogP contribution >= 0.6 is 10.7 Å². The first kappa shape index (κ1) is 12.3. The lowest BCUT2D eigenvalue weighted by Gasteiger charge is -2.23. The molecule has 1 N–H and O–H groups in total. The smallest absolute Gasteiger partial charge is 0.261 e. The molecule has 0 unspecified atom stereocenters. The summed E-state index contributed by atoms with van der Waals surface area (Å²) >= 11 is 0. The summed E-state index contributed by atoms with van der Waals surface area (Å²) in [6, 6.07) is 3.47. The van der Waals surface area contributed by atoms with E-state index in [9.17, 15) is 17.6 Å². The van der Waals surface area contributed by atoms with Crippen molar-refractivity contribution in [3.63, 3.8) is 0 Å². The van der Waals surface area contributed by atoms with Crippen LogP contribution in [0.5, 0.6) is 0 Å². The van der Waals surface area contributed by atoms with Crippen molar-refractivity contribution in [2.24, 2.45) is 0 Å². The van der Waals surface area contributed by atoms with Crippen molar-refractivity contribution < 1.29 is 17.6 Å². The molecule has 1 aromatic rings. The number of hydrogen-bond acceptors (Lipinski definition) is 3. The van der Waals surface area contributed by atoms with Crippen LogP contribution in [0.25, 0.3) is 0 Å². The molecule has 0 radical (unpaired) electrons. The van der Waals surface area contributed by atoms with Crippen LogP contribution in [0.2, 0.25) is 0 Å². The van der Waals surface area contributed by atoms with Gasteiger partial charge in [0.05, 0.1) is 10.9 Å². The van der Waals surface area contributed by atoms with E-state index in [0.29, 0.717) is 12.0 Å². The molecule has 1 aliphatic heterocycles. The first-order valence-corrected chi connectivity index (χ1v) is 7.17. The van der Waals surface area contributed by atoms with Gasteiger partial charge >= 0.3 is 0 Å². The van der Waals surface area contributed by atoms with E-state index in [2.05, 4.69) is 5.32 Å². The molecule has 1 atom stereocenters. The Morgan fingerprint density at radius 3 is 2.76 bits per heavy atom. The SMILES string of the molecule is O=C1N[C@@H](CF)Cc2ccc(S(=O)(=O)Cl)cc21. The summed E-state index contributed by atoms with van der Waals surface area (Å²) in [5.41, 5.74) is 0.858. The largest absolute Gasteiger partial charge is 0.346 e. The van der Waals surface area contributed by atoms with Gasteiger partial charge in [0.25, 0.3) is 15.0 Å². The number of amides is 1. The van der Waals surface area contributed by atoms with E-state index < -0.39 is 27.7 Å². The van der Waals surface area contributed by atoms with E-state index in [0.717, 1.165) is 0 Å². The van der Waals surface area contributed by atoms with Gasteiger partial charge in [-0.3, -0.25) is 4.79 Å². The van der Waals surface area contributed by atoms with E-state index in [4.69, 9.17) is 10.7 Å². The molecular weight excluding hydrogens is 269 g/mol. The van der Waals surface area contributed by atoms with Crippen molar-refractivity contribution in [1.82, 2.24) is 5.32 Å². The third-order valence-corrected chi connectivity index (χ3v) is 3.95. The molecule has 1 aliphatic rings. The zero-order valence-electron chi connectivity index (χ0n) is 8.61. The van der Waals surface area contributed by atoms with Crippen LogP contribution in [0.4, 0.5) is 4.39 Å². The summed E-state index contributed by atoms with van der Waals surface area (Å²) in [4.78, 5) is 11.5. The predicted octanol–water partition coefficient (Wildman–Crippen LogP) is 1.24. The third kappa shape index (κ3) is 2.42. The van der Waals surface area contributed by atoms with Gasteiger partial charge in [-0.25, -0.2) is 12.8 Å². The summed E-state index contributed by atoms with van der Waals surface area (Å²) < 4.78 is 34.7. The van der Waals surface area contributed by atoms with Crippen molar-refractivity contribution >= 4 is 25.6 Å². The molecule has 0 fully saturated rings. The van der Waals surface area contributed by atoms with Gasteiger partial charge in [0.2, 0.25) is 0 Å². The topological polar surface area (TPSA) is 63.2 Å². The Kier molecular flexibility index (Phi) is 3.09. The maximum Gasteiger partial charge on any atom is 0.261 e. The second kappa shape index (κ2) is 4.27.